The number of benzene rings is 1. The normalized spacial score (nSPS) is 22.4. The van der Waals surface area contributed by atoms with Gasteiger partial charge in [-0.2, -0.15) is 0 Å². The SMILES string of the molecule is O=C1OC2c3ccccc3C=CN2C1=O. The van der Waals surface area contributed by atoms with Gasteiger partial charge in [0.15, 0.2) is 0 Å². The number of fused-ring (bicyclic) bond motifs is 3. The van der Waals surface area contributed by atoms with Gasteiger partial charge in [0.05, 0.1) is 0 Å². The van der Waals surface area contributed by atoms with Crippen molar-refractivity contribution in [2.75, 3.05) is 0 Å². The molecule has 2 aliphatic heterocycles. The van der Waals surface area contributed by atoms with Gasteiger partial charge in [-0.3, -0.25) is 9.69 Å². The smallest absolute Gasteiger partial charge is 0.399 e. The van der Waals surface area contributed by atoms with Crippen molar-refractivity contribution >= 4 is 18.0 Å². The Balaban J connectivity index is 2.15. The van der Waals surface area contributed by atoms with Crippen LogP contribution in [-0.2, 0) is 14.3 Å². The number of hydrogen-bond donors (Lipinski definition) is 0. The second-order valence-corrected chi connectivity index (χ2v) is 3.41. The molecule has 74 valence electrons. The lowest BCUT2D eigenvalue weighted by molar-refractivity contribution is -0.149. The van der Waals surface area contributed by atoms with Gasteiger partial charge < -0.3 is 4.74 Å². The zero-order valence-electron chi connectivity index (χ0n) is 7.71. The summed E-state index contributed by atoms with van der Waals surface area (Å²) in [4.78, 5) is 23.8. The maximum absolute atomic E-state index is 11.3. The molecular formula is C11H7NO3. The number of hydrogen-bond acceptors (Lipinski definition) is 3. The quantitative estimate of drug-likeness (QED) is 0.465. The topological polar surface area (TPSA) is 46.6 Å². The number of rotatable bonds is 0. The maximum atomic E-state index is 11.3. The van der Waals surface area contributed by atoms with Crippen LogP contribution < -0.4 is 0 Å². The molecule has 2 aliphatic rings. The molecule has 1 atom stereocenters. The summed E-state index contributed by atoms with van der Waals surface area (Å²) in [7, 11) is 0. The van der Waals surface area contributed by atoms with Gasteiger partial charge in [-0.1, -0.05) is 24.3 Å². The Kier molecular flexibility index (Phi) is 1.48. The Morgan fingerprint density at radius 3 is 2.87 bits per heavy atom. The third kappa shape index (κ3) is 1.01. The first-order chi connectivity index (χ1) is 7.27. The van der Waals surface area contributed by atoms with Crippen molar-refractivity contribution < 1.29 is 14.3 Å². The van der Waals surface area contributed by atoms with Gasteiger partial charge in [0.2, 0.25) is 6.23 Å². The molecule has 15 heavy (non-hydrogen) atoms. The fraction of sp³-hybridized carbons (Fsp3) is 0.0909. The molecule has 0 N–H and O–H groups in total. The van der Waals surface area contributed by atoms with Gasteiger partial charge in [0.25, 0.3) is 0 Å². The molecule has 4 nitrogen and oxygen atoms in total. The molecule has 1 fully saturated rings. The van der Waals surface area contributed by atoms with Gasteiger partial charge in [-0.15, -0.1) is 0 Å². The summed E-state index contributed by atoms with van der Waals surface area (Å²) >= 11 is 0. The summed E-state index contributed by atoms with van der Waals surface area (Å²) in [5.74, 6) is -1.40. The number of nitrogens with zero attached hydrogens (tertiary/aromatic N) is 1. The van der Waals surface area contributed by atoms with Crippen molar-refractivity contribution in [3.8, 4) is 0 Å². The van der Waals surface area contributed by atoms with Crippen molar-refractivity contribution in [3.05, 3.63) is 41.6 Å². The molecular weight excluding hydrogens is 194 g/mol. The van der Waals surface area contributed by atoms with Crippen LogP contribution in [0.25, 0.3) is 6.08 Å². The fourth-order valence-electron chi connectivity index (χ4n) is 1.83. The number of carbonyl (C=O) groups is 2. The molecule has 0 spiro atoms. The largest absolute Gasteiger partial charge is 0.430 e. The van der Waals surface area contributed by atoms with Crippen LogP contribution >= 0.6 is 0 Å². The zero-order valence-corrected chi connectivity index (χ0v) is 7.71. The molecule has 0 aliphatic carbocycles. The average molecular weight is 201 g/mol. The van der Waals surface area contributed by atoms with E-state index in [0.717, 1.165) is 11.1 Å². The molecule has 0 aromatic heterocycles. The minimum Gasteiger partial charge on any atom is -0.430 e. The minimum atomic E-state index is -0.790. The number of ether oxygens (including phenoxy) is 1. The van der Waals surface area contributed by atoms with Crippen molar-refractivity contribution in [1.29, 1.82) is 0 Å². The molecule has 0 saturated carbocycles. The van der Waals surface area contributed by atoms with Crippen LogP contribution in [-0.4, -0.2) is 16.8 Å². The number of esters is 1. The Morgan fingerprint density at radius 2 is 2.00 bits per heavy atom. The minimum absolute atomic E-state index is 0.578. The van der Waals surface area contributed by atoms with Crippen LogP contribution in [0.15, 0.2) is 30.5 Å². The summed E-state index contributed by atoms with van der Waals surface area (Å²) < 4.78 is 4.99. The average Bonchev–Trinajstić information content (AvgIpc) is 2.56. The van der Waals surface area contributed by atoms with Gasteiger partial charge in [-0.25, -0.2) is 4.79 Å². The van der Waals surface area contributed by atoms with Crippen LogP contribution in [0.5, 0.6) is 0 Å². The highest BCUT2D eigenvalue weighted by molar-refractivity contribution is 6.34. The lowest BCUT2D eigenvalue weighted by Gasteiger charge is -2.23. The molecule has 1 saturated heterocycles. The highest BCUT2D eigenvalue weighted by Gasteiger charge is 2.42. The van der Waals surface area contributed by atoms with Gasteiger partial charge in [-0.05, 0) is 11.6 Å². The number of amides is 1. The predicted molar refractivity (Wildman–Crippen MR) is 51.2 cm³/mol. The molecule has 4 heteroatoms. The van der Waals surface area contributed by atoms with E-state index in [4.69, 9.17) is 4.74 Å². The van der Waals surface area contributed by atoms with E-state index >= 15 is 0 Å². The molecule has 1 unspecified atom stereocenters. The maximum Gasteiger partial charge on any atom is 0.399 e. The highest BCUT2D eigenvalue weighted by Crippen LogP contribution is 2.34. The van der Waals surface area contributed by atoms with E-state index in [1.807, 2.05) is 24.3 Å². The van der Waals surface area contributed by atoms with Crippen molar-refractivity contribution in [1.82, 2.24) is 4.90 Å². The molecule has 0 bridgehead atoms. The summed E-state index contributed by atoms with van der Waals surface area (Å²) in [5.41, 5.74) is 1.82. The Morgan fingerprint density at radius 1 is 1.20 bits per heavy atom. The predicted octanol–water partition coefficient (Wildman–Crippen LogP) is 1.05. The first-order valence-electron chi connectivity index (χ1n) is 4.58. The molecule has 0 radical (unpaired) electrons. The summed E-state index contributed by atoms with van der Waals surface area (Å²) in [6.45, 7) is 0. The first-order valence-corrected chi connectivity index (χ1v) is 4.58. The number of carbonyl (C=O) groups excluding carboxylic acids is 2. The van der Waals surface area contributed by atoms with E-state index in [1.165, 1.54) is 4.90 Å². The second kappa shape index (κ2) is 2.70. The van der Waals surface area contributed by atoms with Crippen LogP contribution in [0.4, 0.5) is 0 Å². The summed E-state index contributed by atoms with van der Waals surface area (Å²) in [6, 6.07) is 7.52. The van der Waals surface area contributed by atoms with E-state index in [-0.39, 0.29) is 0 Å². The Bertz CT molecular complexity index is 492. The van der Waals surface area contributed by atoms with Crippen LogP contribution in [0.2, 0.25) is 0 Å². The van der Waals surface area contributed by atoms with Crippen molar-refractivity contribution in [2.24, 2.45) is 0 Å². The molecule has 1 amide bonds. The monoisotopic (exact) mass is 201 g/mol. The third-order valence-electron chi connectivity index (χ3n) is 2.56. The van der Waals surface area contributed by atoms with E-state index in [2.05, 4.69) is 0 Å². The van der Waals surface area contributed by atoms with Gasteiger partial charge in [0.1, 0.15) is 0 Å². The van der Waals surface area contributed by atoms with Crippen LogP contribution in [0, 0.1) is 0 Å². The van der Waals surface area contributed by atoms with Crippen molar-refractivity contribution in [3.63, 3.8) is 0 Å². The van der Waals surface area contributed by atoms with Crippen LogP contribution in [0.1, 0.15) is 17.4 Å². The van der Waals surface area contributed by atoms with E-state index in [1.54, 1.807) is 12.3 Å². The lowest BCUT2D eigenvalue weighted by atomic mass is 10.0. The van der Waals surface area contributed by atoms with Crippen molar-refractivity contribution in [2.45, 2.75) is 6.23 Å². The summed E-state index contributed by atoms with van der Waals surface area (Å²) in [6.07, 6.45) is 2.80. The highest BCUT2D eigenvalue weighted by atomic mass is 16.6. The van der Waals surface area contributed by atoms with Crippen LogP contribution in [0.3, 0.4) is 0 Å². The second-order valence-electron chi connectivity index (χ2n) is 3.41. The fourth-order valence-corrected chi connectivity index (χ4v) is 1.83. The van der Waals surface area contributed by atoms with E-state index < -0.39 is 18.1 Å². The Labute approximate surface area is 85.8 Å². The zero-order chi connectivity index (χ0) is 10.4. The van der Waals surface area contributed by atoms with E-state index in [9.17, 15) is 9.59 Å². The van der Waals surface area contributed by atoms with Gasteiger partial charge in [0, 0.05) is 11.8 Å². The first kappa shape index (κ1) is 8.23. The molecule has 1 aromatic carbocycles. The lowest BCUT2D eigenvalue weighted by Crippen LogP contribution is -2.26. The molecule has 2 heterocycles. The summed E-state index contributed by atoms with van der Waals surface area (Å²) in [5, 5.41) is 0. The van der Waals surface area contributed by atoms with Gasteiger partial charge >= 0.3 is 11.9 Å². The molecule has 1 aromatic rings. The Hall–Kier alpha value is -2.10. The van der Waals surface area contributed by atoms with E-state index in [0.29, 0.717) is 0 Å². The molecule has 3 rings (SSSR count). The third-order valence-corrected chi connectivity index (χ3v) is 2.56. The standard InChI is InChI=1S/C11H7NO3/c13-9-11(14)15-10-8-4-2-1-3-7(8)5-6-12(9)10/h1-6,10H.